The molecule has 0 amide bonds. The first-order valence-corrected chi connectivity index (χ1v) is 12.2. The zero-order valence-corrected chi connectivity index (χ0v) is 18.2. The summed E-state index contributed by atoms with van der Waals surface area (Å²) in [6.07, 6.45) is 1.18. The Kier molecular flexibility index (Phi) is 3.62. The molecule has 8 atom stereocenters. The van der Waals surface area contributed by atoms with Gasteiger partial charge < -0.3 is 28.9 Å². The number of carbonyl (C=O) groups excluding carboxylic acids is 2. The summed E-state index contributed by atoms with van der Waals surface area (Å²) in [6, 6.07) is 0. The minimum atomic E-state index is -3.91. The molecule has 0 aromatic carbocycles. The Hall–Kier alpha value is -1.67. The van der Waals surface area contributed by atoms with E-state index in [-0.39, 0.29) is 47.9 Å². The van der Waals surface area contributed by atoms with Crippen molar-refractivity contribution >= 4 is 19.4 Å². The highest BCUT2D eigenvalue weighted by Gasteiger charge is 2.72. The van der Waals surface area contributed by atoms with Gasteiger partial charge in [-0.1, -0.05) is 6.92 Å². The second-order valence-corrected chi connectivity index (χ2v) is 11.7. The second-order valence-electron chi connectivity index (χ2n) is 10.2. The minimum absolute atomic E-state index is 0.0192. The van der Waals surface area contributed by atoms with Crippen LogP contribution in [0.1, 0.15) is 46.0 Å². The van der Waals surface area contributed by atoms with Crippen LogP contribution in [0.5, 0.6) is 0 Å². The van der Waals surface area contributed by atoms with Crippen LogP contribution < -0.4 is 0 Å². The molecule has 6 aliphatic rings. The van der Waals surface area contributed by atoms with Gasteiger partial charge in [0.15, 0.2) is 17.3 Å². The van der Waals surface area contributed by atoms with Gasteiger partial charge >= 0.3 is 7.82 Å². The van der Waals surface area contributed by atoms with Crippen molar-refractivity contribution in [3.05, 3.63) is 22.9 Å². The van der Waals surface area contributed by atoms with Gasteiger partial charge in [-0.3, -0.25) is 9.59 Å². The molecule has 0 aromatic heterocycles. The molecule has 3 N–H and O–H groups in total. The van der Waals surface area contributed by atoms with Gasteiger partial charge in [-0.25, -0.2) is 0 Å². The van der Waals surface area contributed by atoms with Crippen molar-refractivity contribution in [3.63, 3.8) is 0 Å². The second kappa shape index (κ2) is 5.63. The predicted molar refractivity (Wildman–Crippen MR) is 103 cm³/mol. The molecular formula is C21H25O9P. The van der Waals surface area contributed by atoms with Gasteiger partial charge in [-0.05, 0) is 56.4 Å². The number of phosphoric ester groups is 1. The van der Waals surface area contributed by atoms with E-state index < -0.39 is 48.5 Å². The standard InChI is InChI=1S/C21H25O9P/c1-19-7-12(23)14-9(10(19)5-6-21(19,26)13(24)8-22)3-4-11-16-15(25)17-18(20(11,14)2)30-31(27,28-16)29-17/h9-10,12,14,22-23,26H,3-8H2,1-2H3/t9-,10-,12-,14+,19-,20-,21-,31?/m0/s1. The Morgan fingerprint density at radius 1 is 1.19 bits per heavy atom. The number of ketones is 2. The molecule has 3 bridgehead atoms. The van der Waals surface area contributed by atoms with E-state index in [2.05, 4.69) is 0 Å². The van der Waals surface area contributed by atoms with Crippen LogP contribution in [-0.4, -0.2) is 45.2 Å². The Morgan fingerprint density at radius 2 is 1.90 bits per heavy atom. The largest absolute Gasteiger partial charge is 0.647 e. The molecule has 1 saturated heterocycles. The van der Waals surface area contributed by atoms with Crippen LogP contribution in [0.2, 0.25) is 0 Å². The average molecular weight is 452 g/mol. The van der Waals surface area contributed by atoms with Gasteiger partial charge in [-0.2, -0.15) is 4.57 Å². The van der Waals surface area contributed by atoms with E-state index in [9.17, 15) is 29.5 Å². The summed E-state index contributed by atoms with van der Waals surface area (Å²) in [5, 5.41) is 32.2. The first kappa shape index (κ1) is 20.0. The van der Waals surface area contributed by atoms with E-state index in [1.54, 1.807) is 0 Å². The molecule has 0 radical (unpaired) electrons. The summed E-state index contributed by atoms with van der Waals surface area (Å²) in [5.74, 6) is -1.50. The quantitative estimate of drug-likeness (QED) is 0.534. The minimum Gasteiger partial charge on any atom is -0.393 e. The average Bonchev–Trinajstić information content (AvgIpc) is 3.14. The number of carbonyl (C=O) groups is 2. The SMILES string of the molecule is C[C@@]12C(=C3OP4(=O)OC(=C1O4)C3=O)CC[C@@H]1[C@@H]2[C@@H](O)C[C@@]2(C)[C@H]1CC[C@]2(O)C(=O)CO. The molecule has 4 aliphatic carbocycles. The summed E-state index contributed by atoms with van der Waals surface area (Å²) >= 11 is 0. The Morgan fingerprint density at radius 3 is 2.61 bits per heavy atom. The lowest BCUT2D eigenvalue weighted by Crippen LogP contribution is -2.62. The van der Waals surface area contributed by atoms with Crippen LogP contribution in [0.25, 0.3) is 0 Å². The monoisotopic (exact) mass is 452 g/mol. The fourth-order valence-corrected chi connectivity index (χ4v) is 9.27. The van der Waals surface area contributed by atoms with Crippen LogP contribution in [0.3, 0.4) is 0 Å². The van der Waals surface area contributed by atoms with Gasteiger partial charge in [0.25, 0.3) is 5.78 Å². The molecule has 1 unspecified atom stereocenters. The lowest BCUT2D eigenvalue weighted by molar-refractivity contribution is -0.180. The molecule has 168 valence electrons. The maximum atomic E-state index is 12.8. The van der Waals surface area contributed by atoms with Gasteiger partial charge in [0.05, 0.1) is 11.5 Å². The molecule has 2 aliphatic heterocycles. The fourth-order valence-electron chi connectivity index (χ4n) is 7.86. The van der Waals surface area contributed by atoms with Gasteiger partial charge in [0.2, 0.25) is 5.76 Å². The topological polar surface area (TPSA) is 140 Å². The Labute approximate surface area is 178 Å². The van der Waals surface area contributed by atoms with Crippen molar-refractivity contribution in [2.75, 3.05) is 6.61 Å². The van der Waals surface area contributed by atoms with Crippen molar-refractivity contribution in [1.29, 1.82) is 0 Å². The molecule has 10 heteroatoms. The van der Waals surface area contributed by atoms with Gasteiger partial charge in [0.1, 0.15) is 12.2 Å². The van der Waals surface area contributed by atoms with Gasteiger partial charge in [-0.15, -0.1) is 0 Å². The Bertz CT molecular complexity index is 1060. The van der Waals surface area contributed by atoms with Crippen LogP contribution in [0.4, 0.5) is 0 Å². The number of aliphatic hydroxyl groups excluding tert-OH is 2. The zero-order chi connectivity index (χ0) is 22.1. The number of Topliss-reactive ketones (excluding diaryl/α,β-unsaturated/α-hetero) is 2. The third-order valence-electron chi connectivity index (χ3n) is 9.21. The molecule has 31 heavy (non-hydrogen) atoms. The number of phosphoric acid groups is 1. The first-order valence-electron chi connectivity index (χ1n) is 10.8. The highest BCUT2D eigenvalue weighted by molar-refractivity contribution is 7.49. The molecule has 3 saturated carbocycles. The number of rotatable bonds is 2. The lowest BCUT2D eigenvalue weighted by Gasteiger charge is -2.59. The third-order valence-corrected chi connectivity index (χ3v) is 10.4. The predicted octanol–water partition coefficient (Wildman–Crippen LogP) is 1.73. The molecule has 9 nitrogen and oxygen atoms in total. The van der Waals surface area contributed by atoms with E-state index in [1.165, 1.54) is 0 Å². The van der Waals surface area contributed by atoms with E-state index >= 15 is 0 Å². The van der Waals surface area contributed by atoms with Crippen LogP contribution in [0, 0.1) is 28.6 Å². The maximum Gasteiger partial charge on any atom is 0.647 e. The molecular weight excluding hydrogens is 427 g/mol. The highest BCUT2D eigenvalue weighted by Crippen LogP contribution is 2.75. The zero-order valence-electron chi connectivity index (χ0n) is 17.3. The first-order chi connectivity index (χ1) is 14.5. The number of aliphatic hydroxyl groups is 3. The lowest BCUT2D eigenvalue weighted by atomic mass is 9.45. The number of hydrogen-bond acceptors (Lipinski definition) is 9. The van der Waals surface area contributed by atoms with Crippen molar-refractivity contribution in [2.45, 2.75) is 57.7 Å². The molecule has 0 spiro atoms. The normalized spacial score (nSPS) is 51.6. The summed E-state index contributed by atoms with van der Waals surface area (Å²) in [6.45, 7) is 2.96. The Balaban J connectivity index is 1.48. The van der Waals surface area contributed by atoms with E-state index in [1.807, 2.05) is 13.8 Å². The fraction of sp³-hybridized carbons (Fsp3) is 0.714. The van der Waals surface area contributed by atoms with Crippen LogP contribution in [-0.2, 0) is 27.7 Å². The summed E-state index contributed by atoms with van der Waals surface area (Å²) < 4.78 is 29.0. The summed E-state index contributed by atoms with van der Waals surface area (Å²) in [7, 11) is -3.91. The van der Waals surface area contributed by atoms with Crippen molar-refractivity contribution in [3.8, 4) is 0 Å². The molecule has 2 heterocycles. The van der Waals surface area contributed by atoms with Crippen molar-refractivity contribution < 1.29 is 43.0 Å². The molecule has 6 rings (SSSR count). The highest BCUT2D eigenvalue weighted by atomic mass is 31.2. The molecule has 0 aromatic rings. The third kappa shape index (κ3) is 2.03. The summed E-state index contributed by atoms with van der Waals surface area (Å²) in [4.78, 5) is 25.2. The van der Waals surface area contributed by atoms with E-state index in [0.29, 0.717) is 24.8 Å². The van der Waals surface area contributed by atoms with E-state index in [4.69, 9.17) is 13.6 Å². The number of hydrogen-bond donors (Lipinski definition) is 3. The smallest absolute Gasteiger partial charge is 0.393 e. The number of fused-ring (bicyclic) bond motifs is 8. The van der Waals surface area contributed by atoms with Crippen LogP contribution >= 0.6 is 7.82 Å². The molecule has 4 fully saturated rings. The van der Waals surface area contributed by atoms with E-state index in [0.717, 1.165) is 0 Å². The van der Waals surface area contributed by atoms with Gasteiger partial charge in [0, 0.05) is 11.3 Å². The van der Waals surface area contributed by atoms with Crippen molar-refractivity contribution in [2.24, 2.45) is 28.6 Å². The van der Waals surface area contributed by atoms with Crippen LogP contribution in [0.15, 0.2) is 22.9 Å². The number of allylic oxidation sites excluding steroid dienone is 1. The summed E-state index contributed by atoms with van der Waals surface area (Å²) in [5.41, 5.74) is -2.81. The van der Waals surface area contributed by atoms with Crippen molar-refractivity contribution in [1.82, 2.24) is 0 Å². The maximum absolute atomic E-state index is 12.8.